The highest BCUT2D eigenvalue weighted by Crippen LogP contribution is 2.40. The number of pyridine rings is 1. The molecule has 3 fully saturated rings. The van der Waals surface area contributed by atoms with Crippen molar-refractivity contribution in [2.24, 2.45) is 5.73 Å². The number of fused-ring (bicyclic) bond motifs is 4. The van der Waals surface area contributed by atoms with E-state index < -0.39 is 45.6 Å². The number of hydrogen-bond acceptors (Lipinski definition) is 6. The molecule has 8 nitrogen and oxygen atoms in total. The molecule has 6 rings (SSSR count). The van der Waals surface area contributed by atoms with Gasteiger partial charge in [0.15, 0.2) is 0 Å². The predicted molar refractivity (Wildman–Crippen MR) is 162 cm³/mol. The largest absolute Gasteiger partial charge is 0.433 e. The summed E-state index contributed by atoms with van der Waals surface area (Å²) in [7, 11) is -3.44. The van der Waals surface area contributed by atoms with Crippen LogP contribution in [-0.2, 0) is 27.4 Å². The van der Waals surface area contributed by atoms with Crippen molar-refractivity contribution < 1.29 is 30.8 Å². The van der Waals surface area contributed by atoms with Gasteiger partial charge in [-0.15, -0.1) is 0 Å². The van der Waals surface area contributed by atoms with Gasteiger partial charge in [0.05, 0.1) is 11.8 Å². The molecule has 3 aliphatic rings. The number of hydrogen-bond donors (Lipinski definition) is 2. The number of halogens is 5. The van der Waals surface area contributed by atoms with Crippen LogP contribution in [0.25, 0.3) is 0 Å². The maximum Gasteiger partial charge on any atom is 0.433 e. The fourth-order valence-electron chi connectivity index (χ4n) is 6.77. The zero-order chi connectivity index (χ0) is 32.1. The number of amides is 1. The van der Waals surface area contributed by atoms with Gasteiger partial charge in [0.2, 0.25) is 15.9 Å². The van der Waals surface area contributed by atoms with Gasteiger partial charge >= 0.3 is 6.18 Å². The monoisotopic (exact) mass is 665 g/mol. The number of rotatable bonds is 8. The Morgan fingerprint density at radius 1 is 1.11 bits per heavy atom. The zero-order valence-corrected chi connectivity index (χ0v) is 25.6. The molecule has 2 bridgehead atoms. The number of carbonyl (C=O) groups excluding carboxylic acids is 1. The van der Waals surface area contributed by atoms with Gasteiger partial charge in [-0.25, -0.2) is 12.8 Å². The van der Waals surface area contributed by atoms with Gasteiger partial charge in [-0.1, -0.05) is 29.8 Å². The number of alkyl halides is 3. The van der Waals surface area contributed by atoms with Gasteiger partial charge < -0.3 is 11.1 Å². The van der Waals surface area contributed by atoms with E-state index in [4.69, 9.17) is 17.3 Å². The van der Waals surface area contributed by atoms with Crippen LogP contribution >= 0.6 is 11.6 Å². The first kappa shape index (κ1) is 31.9. The molecule has 3 N–H and O–H groups in total. The molecule has 0 spiro atoms. The van der Waals surface area contributed by atoms with Crippen LogP contribution < -0.4 is 11.1 Å². The molecule has 3 aliphatic heterocycles. The molecule has 7 unspecified atom stereocenters. The standard InChI is InChI=1S/C31H32ClF4N5O3S/c32-20-8-6-18(7-9-20)28(19-12-13-38-27(15-19)31(34,35)36)29(37)30(42)39-24-5-1-4-23(33)22(24)10-11-25-26-17-40(26)21-3-2-14-45(43,44)41(25)16-21/h1,4-9,12-13,15,21,25-26,28-29H,2-3,10-11,14,16-17,37H2,(H,39,42). The third-order valence-corrected chi connectivity index (χ3v) is 11.2. The first-order valence-electron chi connectivity index (χ1n) is 14.7. The lowest BCUT2D eigenvalue weighted by atomic mass is 9.85. The average molecular weight is 666 g/mol. The number of aromatic nitrogens is 1. The molecule has 240 valence electrons. The van der Waals surface area contributed by atoms with Crippen LogP contribution in [0.3, 0.4) is 0 Å². The lowest BCUT2D eigenvalue weighted by Gasteiger charge is -2.37. The molecule has 3 saturated heterocycles. The number of carbonyl (C=O) groups is 1. The molecule has 0 saturated carbocycles. The van der Waals surface area contributed by atoms with Crippen molar-refractivity contribution >= 4 is 33.2 Å². The van der Waals surface area contributed by atoms with E-state index in [1.807, 2.05) is 0 Å². The van der Waals surface area contributed by atoms with Crippen molar-refractivity contribution in [3.05, 3.63) is 94.0 Å². The van der Waals surface area contributed by atoms with Crippen molar-refractivity contribution in [3.8, 4) is 0 Å². The topological polar surface area (TPSA) is 108 Å². The summed E-state index contributed by atoms with van der Waals surface area (Å²) in [5, 5.41) is 3.09. The van der Waals surface area contributed by atoms with E-state index in [-0.39, 0.29) is 47.1 Å². The minimum Gasteiger partial charge on any atom is -0.324 e. The number of nitrogens with zero attached hydrogens (tertiary/aromatic N) is 3. The Bertz CT molecular complexity index is 1690. The second kappa shape index (κ2) is 12.3. The first-order chi connectivity index (χ1) is 21.3. The summed E-state index contributed by atoms with van der Waals surface area (Å²) >= 11 is 6.04. The summed E-state index contributed by atoms with van der Waals surface area (Å²) in [6, 6.07) is 11.3. The Kier molecular flexibility index (Phi) is 8.68. The van der Waals surface area contributed by atoms with E-state index in [2.05, 4.69) is 15.2 Å². The summed E-state index contributed by atoms with van der Waals surface area (Å²) in [5.41, 5.74) is 6.25. The lowest BCUT2D eigenvalue weighted by Crippen LogP contribution is -2.53. The maximum absolute atomic E-state index is 15.3. The molecule has 14 heteroatoms. The van der Waals surface area contributed by atoms with Gasteiger partial charge in [-0.3, -0.25) is 14.7 Å². The third kappa shape index (κ3) is 6.59. The number of benzene rings is 2. The molecule has 0 aliphatic carbocycles. The molecular weight excluding hydrogens is 634 g/mol. The van der Waals surface area contributed by atoms with E-state index in [1.165, 1.54) is 24.3 Å². The van der Waals surface area contributed by atoms with Gasteiger partial charge in [-0.2, -0.15) is 17.5 Å². The normalized spacial score (nSPS) is 26.7. The van der Waals surface area contributed by atoms with Gasteiger partial charge in [0, 0.05) is 59.6 Å². The van der Waals surface area contributed by atoms with Crippen LogP contribution in [0.2, 0.25) is 5.02 Å². The summed E-state index contributed by atoms with van der Waals surface area (Å²) in [6.45, 7) is 1.23. The van der Waals surface area contributed by atoms with Crippen molar-refractivity contribution in [3.63, 3.8) is 0 Å². The zero-order valence-electron chi connectivity index (χ0n) is 24.1. The van der Waals surface area contributed by atoms with Crippen LogP contribution in [0.4, 0.5) is 23.2 Å². The summed E-state index contributed by atoms with van der Waals surface area (Å²) in [6.07, 6.45) is -1.76. The van der Waals surface area contributed by atoms with Gasteiger partial charge in [0.25, 0.3) is 0 Å². The first-order valence-corrected chi connectivity index (χ1v) is 16.7. The summed E-state index contributed by atoms with van der Waals surface area (Å²) in [5.74, 6) is -2.24. The number of piperazine rings is 1. The molecule has 1 aromatic heterocycles. The van der Waals surface area contributed by atoms with E-state index >= 15 is 4.39 Å². The lowest BCUT2D eigenvalue weighted by molar-refractivity contribution is -0.141. The fourth-order valence-corrected chi connectivity index (χ4v) is 8.72. The fraction of sp³-hybridized carbons (Fsp3) is 0.419. The quantitative estimate of drug-likeness (QED) is 0.265. The second-order valence-electron chi connectivity index (χ2n) is 11.8. The second-order valence-corrected chi connectivity index (χ2v) is 14.3. The average Bonchev–Trinajstić information content (AvgIpc) is 3.80. The van der Waals surface area contributed by atoms with E-state index in [9.17, 15) is 26.4 Å². The van der Waals surface area contributed by atoms with E-state index in [1.54, 1.807) is 28.6 Å². The molecule has 4 heterocycles. The SMILES string of the molecule is NC(C(=O)Nc1cccc(F)c1CCC1C2CN2C2CCCS(=O)(=O)N1C2)C(c1ccc(Cl)cc1)c1ccnc(C(F)(F)F)c1. The minimum atomic E-state index is -4.72. The van der Waals surface area contributed by atoms with Crippen LogP contribution in [-0.4, -0.2) is 71.5 Å². The van der Waals surface area contributed by atoms with Gasteiger partial charge in [-0.05, 0) is 73.2 Å². The molecule has 0 radical (unpaired) electrons. The molecule has 7 atom stereocenters. The Labute approximate surface area is 263 Å². The van der Waals surface area contributed by atoms with Crippen molar-refractivity contribution in [2.75, 3.05) is 24.2 Å². The Morgan fingerprint density at radius 3 is 2.60 bits per heavy atom. The molecule has 2 aromatic carbocycles. The molecular formula is C31H32ClF4N5O3S. The van der Waals surface area contributed by atoms with Crippen molar-refractivity contribution in [2.45, 2.75) is 61.9 Å². The number of nitrogens with two attached hydrogens (primary N) is 1. The van der Waals surface area contributed by atoms with Crippen LogP contribution in [0.5, 0.6) is 0 Å². The van der Waals surface area contributed by atoms with Crippen molar-refractivity contribution in [1.29, 1.82) is 0 Å². The Balaban J connectivity index is 1.25. The molecule has 1 amide bonds. The number of nitrogens with one attached hydrogen (secondary N) is 1. The third-order valence-electron chi connectivity index (χ3n) is 9.05. The predicted octanol–water partition coefficient (Wildman–Crippen LogP) is 4.78. The Hall–Kier alpha value is -3.10. The van der Waals surface area contributed by atoms with Crippen molar-refractivity contribution in [1.82, 2.24) is 14.2 Å². The molecule has 3 aromatic rings. The minimum absolute atomic E-state index is 0.0805. The highest BCUT2D eigenvalue weighted by Gasteiger charge is 2.55. The highest BCUT2D eigenvalue weighted by atomic mass is 35.5. The van der Waals surface area contributed by atoms with E-state index in [0.717, 1.165) is 25.2 Å². The van der Waals surface area contributed by atoms with Crippen LogP contribution in [0.15, 0.2) is 60.8 Å². The van der Waals surface area contributed by atoms with Crippen LogP contribution in [0.1, 0.15) is 47.6 Å². The summed E-state index contributed by atoms with van der Waals surface area (Å²) < 4.78 is 83.5. The highest BCUT2D eigenvalue weighted by molar-refractivity contribution is 7.89. The summed E-state index contributed by atoms with van der Waals surface area (Å²) in [4.78, 5) is 19.4. The smallest absolute Gasteiger partial charge is 0.324 e. The van der Waals surface area contributed by atoms with Crippen LogP contribution in [0, 0.1) is 5.82 Å². The number of sulfonamides is 1. The Morgan fingerprint density at radius 2 is 1.87 bits per heavy atom. The maximum atomic E-state index is 15.3. The number of anilines is 1. The molecule has 45 heavy (non-hydrogen) atoms. The van der Waals surface area contributed by atoms with E-state index in [0.29, 0.717) is 30.0 Å². The van der Waals surface area contributed by atoms with Gasteiger partial charge in [0.1, 0.15) is 11.5 Å².